The van der Waals surface area contributed by atoms with Gasteiger partial charge in [0.1, 0.15) is 5.82 Å². The lowest BCUT2D eigenvalue weighted by Crippen LogP contribution is -2.38. The Morgan fingerprint density at radius 2 is 2.16 bits per heavy atom. The number of aromatic nitrogens is 3. The van der Waals surface area contributed by atoms with E-state index in [2.05, 4.69) is 19.9 Å². The molecule has 1 aliphatic carbocycles. The highest BCUT2D eigenvalue weighted by Gasteiger charge is 2.25. The number of hydrogen-bond donors (Lipinski definition) is 1. The summed E-state index contributed by atoms with van der Waals surface area (Å²) in [5, 5.41) is 2.94. The average molecular weight is 339 g/mol. The van der Waals surface area contributed by atoms with Crippen LogP contribution in [0.5, 0.6) is 0 Å². The van der Waals surface area contributed by atoms with Crippen molar-refractivity contribution >= 4 is 11.8 Å². The van der Waals surface area contributed by atoms with Crippen LogP contribution in [-0.4, -0.2) is 37.8 Å². The molecule has 4 rings (SSSR count). The number of carbonyl (C=O) groups excluding carboxylic acids is 2. The summed E-state index contributed by atoms with van der Waals surface area (Å²) in [7, 11) is 0. The first-order valence-corrected chi connectivity index (χ1v) is 8.70. The molecule has 1 aliphatic heterocycles. The Hall–Kier alpha value is -2.70. The van der Waals surface area contributed by atoms with E-state index in [1.807, 2.05) is 6.20 Å². The third-order valence-electron chi connectivity index (χ3n) is 4.69. The molecule has 0 bridgehead atoms. The molecule has 7 heteroatoms. The minimum atomic E-state index is -0.0263. The molecule has 1 N–H and O–H groups in total. The lowest BCUT2D eigenvalue weighted by molar-refractivity contribution is -0.121. The number of carbonyl (C=O) groups is 2. The lowest BCUT2D eigenvalue weighted by atomic mass is 10.2. The molecule has 1 saturated carbocycles. The summed E-state index contributed by atoms with van der Waals surface area (Å²) < 4.78 is 2.06. The van der Waals surface area contributed by atoms with Crippen LogP contribution >= 0.6 is 0 Å². The molecular weight excluding hydrogens is 318 g/mol. The highest BCUT2D eigenvalue weighted by Crippen LogP contribution is 2.32. The van der Waals surface area contributed by atoms with E-state index < -0.39 is 0 Å². The Balaban J connectivity index is 1.37. The smallest absolute Gasteiger partial charge is 0.255 e. The number of nitrogens with one attached hydrogen (secondary N) is 1. The zero-order valence-electron chi connectivity index (χ0n) is 14.0. The van der Waals surface area contributed by atoms with Gasteiger partial charge in [-0.1, -0.05) is 0 Å². The predicted molar refractivity (Wildman–Crippen MR) is 90.4 cm³/mol. The average Bonchev–Trinajstić information content (AvgIpc) is 3.35. The molecule has 0 spiro atoms. The Labute approximate surface area is 146 Å². The molecule has 2 aromatic heterocycles. The van der Waals surface area contributed by atoms with Crippen LogP contribution in [0, 0.1) is 5.92 Å². The maximum Gasteiger partial charge on any atom is 0.255 e. The monoisotopic (exact) mass is 339 g/mol. The molecular formula is C18H21N5O2. The second-order valence-electron chi connectivity index (χ2n) is 6.73. The highest BCUT2D eigenvalue weighted by molar-refractivity contribution is 5.93. The summed E-state index contributed by atoms with van der Waals surface area (Å²) in [4.78, 5) is 34.7. The maximum atomic E-state index is 12.5. The van der Waals surface area contributed by atoms with Gasteiger partial charge in [0.15, 0.2) is 0 Å². The van der Waals surface area contributed by atoms with Gasteiger partial charge in [0.25, 0.3) is 5.91 Å². The van der Waals surface area contributed by atoms with Crippen molar-refractivity contribution in [3.63, 3.8) is 0 Å². The van der Waals surface area contributed by atoms with Crippen molar-refractivity contribution in [2.45, 2.75) is 38.9 Å². The quantitative estimate of drug-likeness (QED) is 0.892. The van der Waals surface area contributed by atoms with Gasteiger partial charge in [0.2, 0.25) is 5.91 Å². The van der Waals surface area contributed by atoms with Crippen LogP contribution in [-0.2, 0) is 24.4 Å². The molecule has 25 heavy (non-hydrogen) atoms. The van der Waals surface area contributed by atoms with E-state index in [1.165, 1.54) is 12.8 Å². The van der Waals surface area contributed by atoms with Crippen LogP contribution in [0.15, 0.2) is 30.7 Å². The molecule has 0 unspecified atom stereocenters. The van der Waals surface area contributed by atoms with E-state index >= 15 is 0 Å². The zero-order chi connectivity index (χ0) is 17.2. The van der Waals surface area contributed by atoms with Crippen LogP contribution in [0.4, 0.5) is 0 Å². The Morgan fingerprint density at radius 1 is 1.28 bits per heavy atom. The largest absolute Gasteiger partial charge is 0.350 e. The predicted octanol–water partition coefficient (Wildman–Crippen LogP) is 1.35. The van der Waals surface area contributed by atoms with Crippen molar-refractivity contribution in [1.82, 2.24) is 24.8 Å². The number of pyridine rings is 1. The van der Waals surface area contributed by atoms with Crippen molar-refractivity contribution < 1.29 is 9.59 Å². The van der Waals surface area contributed by atoms with Gasteiger partial charge < -0.3 is 14.8 Å². The van der Waals surface area contributed by atoms with Gasteiger partial charge in [-0.2, -0.15) is 0 Å². The molecule has 7 nitrogen and oxygen atoms in total. The maximum absolute atomic E-state index is 12.5. The van der Waals surface area contributed by atoms with E-state index in [1.54, 1.807) is 29.4 Å². The summed E-state index contributed by atoms with van der Waals surface area (Å²) in [5.74, 6) is 1.51. The fourth-order valence-corrected chi connectivity index (χ4v) is 3.09. The van der Waals surface area contributed by atoms with Gasteiger partial charge in [0.05, 0.1) is 24.3 Å². The van der Waals surface area contributed by atoms with Gasteiger partial charge in [-0.3, -0.25) is 14.6 Å². The van der Waals surface area contributed by atoms with E-state index in [9.17, 15) is 9.59 Å². The number of amides is 2. The van der Waals surface area contributed by atoms with Crippen molar-refractivity contribution in [3.8, 4) is 0 Å². The highest BCUT2D eigenvalue weighted by atomic mass is 16.2. The van der Waals surface area contributed by atoms with E-state index in [4.69, 9.17) is 0 Å². The van der Waals surface area contributed by atoms with Crippen LogP contribution in [0.25, 0.3) is 0 Å². The number of hydrogen-bond acceptors (Lipinski definition) is 4. The van der Waals surface area contributed by atoms with Crippen LogP contribution in [0.1, 0.15) is 41.1 Å². The second-order valence-corrected chi connectivity index (χ2v) is 6.73. The number of rotatable bonds is 5. The normalized spacial score (nSPS) is 16.4. The lowest BCUT2D eigenvalue weighted by Gasteiger charge is -2.27. The van der Waals surface area contributed by atoms with Gasteiger partial charge in [0, 0.05) is 38.1 Å². The van der Waals surface area contributed by atoms with Gasteiger partial charge in [-0.25, -0.2) is 4.98 Å². The van der Waals surface area contributed by atoms with Gasteiger partial charge in [-0.05, 0) is 30.9 Å². The minimum Gasteiger partial charge on any atom is -0.350 e. The van der Waals surface area contributed by atoms with Crippen LogP contribution < -0.4 is 5.32 Å². The molecule has 0 aromatic carbocycles. The summed E-state index contributed by atoms with van der Waals surface area (Å²) in [5.41, 5.74) is 1.44. The van der Waals surface area contributed by atoms with Gasteiger partial charge >= 0.3 is 0 Å². The summed E-state index contributed by atoms with van der Waals surface area (Å²) in [6.07, 6.45) is 8.19. The molecule has 2 amide bonds. The molecule has 0 radical (unpaired) electrons. The van der Waals surface area contributed by atoms with Crippen molar-refractivity contribution in [3.05, 3.63) is 47.8 Å². The number of nitrogens with zero attached hydrogens (tertiary/aromatic N) is 4. The SMILES string of the molecule is O=C(CC1CC1)NCc1cn2c(n1)CN(C(=O)c1cccnc1)CC2. The molecule has 1 fully saturated rings. The summed E-state index contributed by atoms with van der Waals surface area (Å²) in [6, 6.07) is 3.54. The molecule has 2 aromatic rings. The molecule has 0 saturated heterocycles. The third-order valence-corrected chi connectivity index (χ3v) is 4.69. The van der Waals surface area contributed by atoms with Crippen molar-refractivity contribution in [2.75, 3.05) is 6.54 Å². The number of fused-ring (bicyclic) bond motifs is 1. The Bertz CT molecular complexity index is 782. The molecule has 0 atom stereocenters. The van der Waals surface area contributed by atoms with E-state index in [0.717, 1.165) is 11.5 Å². The molecule has 130 valence electrons. The standard InChI is InChI=1S/C18H21N5O2/c24-17(8-13-3-4-13)20-10-15-11-22-6-7-23(12-16(22)21-15)18(25)14-2-1-5-19-9-14/h1-2,5,9,11,13H,3-4,6-8,10,12H2,(H,20,24). The van der Waals surface area contributed by atoms with Crippen LogP contribution in [0.3, 0.4) is 0 Å². The summed E-state index contributed by atoms with van der Waals surface area (Å²) >= 11 is 0. The van der Waals surface area contributed by atoms with Crippen molar-refractivity contribution in [2.24, 2.45) is 5.92 Å². The van der Waals surface area contributed by atoms with Gasteiger partial charge in [-0.15, -0.1) is 0 Å². The minimum absolute atomic E-state index is 0.0263. The second kappa shape index (κ2) is 6.66. The first-order chi connectivity index (χ1) is 12.2. The molecule has 3 heterocycles. The fraction of sp³-hybridized carbons (Fsp3) is 0.444. The number of imidazole rings is 1. The summed E-state index contributed by atoms with van der Waals surface area (Å²) in [6.45, 7) is 2.28. The topological polar surface area (TPSA) is 80.1 Å². The fourth-order valence-electron chi connectivity index (χ4n) is 3.09. The Morgan fingerprint density at radius 3 is 2.92 bits per heavy atom. The Kier molecular flexibility index (Phi) is 4.21. The van der Waals surface area contributed by atoms with Crippen molar-refractivity contribution in [1.29, 1.82) is 0 Å². The molecule has 2 aliphatic rings. The van der Waals surface area contributed by atoms with E-state index in [0.29, 0.717) is 44.1 Å². The van der Waals surface area contributed by atoms with E-state index in [-0.39, 0.29) is 11.8 Å². The van der Waals surface area contributed by atoms with Crippen LogP contribution in [0.2, 0.25) is 0 Å². The third kappa shape index (κ3) is 3.70. The first-order valence-electron chi connectivity index (χ1n) is 8.70. The first kappa shape index (κ1) is 15.8. The zero-order valence-corrected chi connectivity index (χ0v) is 14.0.